The van der Waals surface area contributed by atoms with Crippen molar-refractivity contribution in [2.24, 2.45) is 0 Å². The van der Waals surface area contributed by atoms with Crippen molar-refractivity contribution >= 4 is 29.3 Å². The Morgan fingerprint density at radius 3 is 2.79 bits per heavy atom. The van der Waals surface area contributed by atoms with E-state index in [2.05, 4.69) is 10.6 Å². The lowest BCUT2D eigenvalue weighted by Crippen LogP contribution is -2.34. The molecule has 0 unspecified atom stereocenters. The van der Waals surface area contributed by atoms with E-state index in [0.29, 0.717) is 17.2 Å². The Morgan fingerprint density at radius 2 is 2.08 bits per heavy atom. The number of aryl methyl sites for hydroxylation is 1. The zero-order valence-electron chi connectivity index (χ0n) is 13.6. The fraction of sp³-hybridized carbons (Fsp3) is 0.294. The highest BCUT2D eigenvalue weighted by Gasteiger charge is 2.10. The van der Waals surface area contributed by atoms with Gasteiger partial charge >= 0.3 is 0 Å². The van der Waals surface area contributed by atoms with Crippen LogP contribution in [0.5, 0.6) is 5.75 Å². The second-order valence-corrected chi connectivity index (χ2v) is 6.09. The molecule has 0 aliphatic rings. The van der Waals surface area contributed by atoms with Gasteiger partial charge in [-0.25, -0.2) is 0 Å². The maximum Gasteiger partial charge on any atom is 0.243 e. The summed E-state index contributed by atoms with van der Waals surface area (Å²) >= 11 is 1.43. The zero-order chi connectivity index (χ0) is 17.4. The molecule has 2 rings (SSSR count). The normalized spacial score (nSPS) is 10.2. The number of carbonyl (C=O) groups excluding carboxylic acids is 2. The SMILES string of the molecule is COc1ccc(C)cc1NC(=O)CNC(=O)CSCc1ccco1. The summed E-state index contributed by atoms with van der Waals surface area (Å²) in [5.41, 5.74) is 1.59. The van der Waals surface area contributed by atoms with E-state index in [1.807, 2.05) is 25.1 Å². The van der Waals surface area contributed by atoms with Crippen molar-refractivity contribution in [1.82, 2.24) is 5.32 Å². The Bertz CT molecular complexity index is 686. The summed E-state index contributed by atoms with van der Waals surface area (Å²) in [6.07, 6.45) is 1.60. The lowest BCUT2D eigenvalue weighted by molar-refractivity contribution is -0.122. The predicted molar refractivity (Wildman–Crippen MR) is 94.2 cm³/mol. The third kappa shape index (κ3) is 5.66. The molecule has 0 spiro atoms. The smallest absolute Gasteiger partial charge is 0.243 e. The van der Waals surface area contributed by atoms with Gasteiger partial charge in [0, 0.05) is 0 Å². The molecule has 0 radical (unpaired) electrons. The summed E-state index contributed by atoms with van der Waals surface area (Å²) in [6.45, 7) is 1.84. The fourth-order valence-electron chi connectivity index (χ4n) is 1.98. The molecule has 1 heterocycles. The number of rotatable bonds is 8. The molecule has 2 N–H and O–H groups in total. The van der Waals surface area contributed by atoms with Crippen LogP contribution in [0.15, 0.2) is 41.0 Å². The van der Waals surface area contributed by atoms with Crippen molar-refractivity contribution < 1.29 is 18.7 Å². The Labute approximate surface area is 144 Å². The minimum atomic E-state index is -0.303. The first-order valence-electron chi connectivity index (χ1n) is 7.40. The lowest BCUT2D eigenvalue weighted by Gasteiger charge is -2.11. The maximum atomic E-state index is 12.0. The first kappa shape index (κ1) is 17.9. The van der Waals surface area contributed by atoms with Crippen LogP contribution >= 0.6 is 11.8 Å². The third-order valence-corrected chi connectivity index (χ3v) is 4.09. The fourth-order valence-corrected chi connectivity index (χ4v) is 2.74. The van der Waals surface area contributed by atoms with E-state index in [0.717, 1.165) is 11.3 Å². The summed E-state index contributed by atoms with van der Waals surface area (Å²) < 4.78 is 10.4. The summed E-state index contributed by atoms with van der Waals surface area (Å²) in [5, 5.41) is 5.33. The molecule has 128 valence electrons. The van der Waals surface area contributed by atoms with Gasteiger partial charge in [-0.1, -0.05) is 6.07 Å². The predicted octanol–water partition coefficient (Wildman–Crippen LogP) is 2.58. The van der Waals surface area contributed by atoms with Gasteiger partial charge in [-0.15, -0.1) is 11.8 Å². The van der Waals surface area contributed by atoms with Crippen LogP contribution in [0.1, 0.15) is 11.3 Å². The lowest BCUT2D eigenvalue weighted by atomic mass is 10.2. The van der Waals surface area contributed by atoms with Crippen LogP contribution in [-0.2, 0) is 15.3 Å². The van der Waals surface area contributed by atoms with Crippen LogP contribution in [-0.4, -0.2) is 31.2 Å². The Balaban J connectivity index is 1.72. The molecule has 24 heavy (non-hydrogen) atoms. The van der Waals surface area contributed by atoms with Crippen LogP contribution in [0.2, 0.25) is 0 Å². The highest BCUT2D eigenvalue weighted by atomic mass is 32.2. The highest BCUT2D eigenvalue weighted by molar-refractivity contribution is 7.99. The van der Waals surface area contributed by atoms with Crippen molar-refractivity contribution in [3.8, 4) is 5.75 Å². The van der Waals surface area contributed by atoms with Gasteiger partial charge in [0.1, 0.15) is 11.5 Å². The maximum absolute atomic E-state index is 12.0. The Morgan fingerprint density at radius 1 is 1.25 bits per heavy atom. The number of methoxy groups -OCH3 is 1. The number of hydrogen-bond donors (Lipinski definition) is 2. The molecule has 7 heteroatoms. The molecule has 2 amide bonds. The number of ether oxygens (including phenoxy) is 1. The van der Waals surface area contributed by atoms with Crippen molar-refractivity contribution in [3.63, 3.8) is 0 Å². The zero-order valence-corrected chi connectivity index (χ0v) is 14.4. The summed E-state index contributed by atoms with van der Waals surface area (Å²) in [4.78, 5) is 23.7. The van der Waals surface area contributed by atoms with Crippen LogP contribution in [0.4, 0.5) is 5.69 Å². The quantitative estimate of drug-likeness (QED) is 0.766. The van der Waals surface area contributed by atoms with Crippen LogP contribution in [0.3, 0.4) is 0 Å². The van der Waals surface area contributed by atoms with Gasteiger partial charge in [-0.3, -0.25) is 9.59 Å². The minimum absolute atomic E-state index is 0.0861. The minimum Gasteiger partial charge on any atom is -0.495 e. The molecule has 1 aromatic carbocycles. The second-order valence-electron chi connectivity index (χ2n) is 5.10. The van der Waals surface area contributed by atoms with Crippen molar-refractivity contribution in [1.29, 1.82) is 0 Å². The number of furan rings is 1. The van der Waals surface area contributed by atoms with E-state index in [1.54, 1.807) is 25.5 Å². The molecule has 2 aromatic rings. The molecular weight excluding hydrogens is 328 g/mol. The van der Waals surface area contributed by atoms with Crippen molar-refractivity contribution in [2.75, 3.05) is 24.7 Å². The molecule has 0 aliphatic heterocycles. The summed E-state index contributed by atoms with van der Waals surface area (Å²) in [5.74, 6) is 1.78. The van der Waals surface area contributed by atoms with Gasteiger partial charge in [-0.05, 0) is 36.8 Å². The van der Waals surface area contributed by atoms with Gasteiger partial charge in [0.05, 0.1) is 37.1 Å². The van der Waals surface area contributed by atoms with E-state index < -0.39 is 0 Å². The molecule has 6 nitrogen and oxygen atoms in total. The molecule has 0 aliphatic carbocycles. The number of anilines is 1. The molecule has 0 fully saturated rings. The highest BCUT2D eigenvalue weighted by Crippen LogP contribution is 2.24. The topological polar surface area (TPSA) is 80.6 Å². The van der Waals surface area contributed by atoms with Crippen LogP contribution in [0.25, 0.3) is 0 Å². The first-order valence-corrected chi connectivity index (χ1v) is 8.55. The number of benzene rings is 1. The van der Waals surface area contributed by atoms with Crippen LogP contribution < -0.4 is 15.4 Å². The molecule has 0 saturated carbocycles. The number of amides is 2. The molecule has 0 saturated heterocycles. The van der Waals surface area contributed by atoms with Gasteiger partial charge < -0.3 is 19.8 Å². The second kappa shape index (κ2) is 9.02. The van der Waals surface area contributed by atoms with E-state index in [1.165, 1.54) is 11.8 Å². The largest absolute Gasteiger partial charge is 0.495 e. The Kier molecular flexibility index (Phi) is 6.74. The van der Waals surface area contributed by atoms with Crippen LogP contribution in [0, 0.1) is 6.92 Å². The average molecular weight is 348 g/mol. The first-order chi connectivity index (χ1) is 11.6. The van der Waals surface area contributed by atoms with Crippen molar-refractivity contribution in [3.05, 3.63) is 47.9 Å². The molecular formula is C17H20N2O4S. The number of hydrogen-bond acceptors (Lipinski definition) is 5. The summed E-state index contributed by atoms with van der Waals surface area (Å²) in [7, 11) is 1.54. The van der Waals surface area contributed by atoms with Gasteiger partial charge in [0.25, 0.3) is 0 Å². The molecule has 1 aromatic heterocycles. The van der Waals surface area contributed by atoms with Crippen molar-refractivity contribution in [2.45, 2.75) is 12.7 Å². The monoisotopic (exact) mass is 348 g/mol. The molecule has 0 atom stereocenters. The standard InChI is InChI=1S/C17H20N2O4S/c1-12-5-6-15(22-2)14(8-12)19-16(20)9-18-17(21)11-24-10-13-4-3-7-23-13/h3-8H,9-11H2,1-2H3,(H,18,21)(H,19,20). The van der Waals surface area contributed by atoms with E-state index >= 15 is 0 Å². The summed E-state index contributed by atoms with van der Waals surface area (Å²) in [6, 6.07) is 9.16. The average Bonchev–Trinajstić information content (AvgIpc) is 3.06. The van der Waals surface area contributed by atoms with Gasteiger partial charge in [0.15, 0.2) is 0 Å². The number of thioether (sulfide) groups is 1. The number of nitrogens with one attached hydrogen (secondary N) is 2. The number of carbonyl (C=O) groups is 2. The van der Waals surface area contributed by atoms with Gasteiger partial charge in [-0.2, -0.15) is 0 Å². The van der Waals surface area contributed by atoms with E-state index in [9.17, 15) is 9.59 Å². The Hall–Kier alpha value is -2.41. The van der Waals surface area contributed by atoms with E-state index in [-0.39, 0.29) is 24.1 Å². The van der Waals surface area contributed by atoms with E-state index in [4.69, 9.17) is 9.15 Å². The molecule has 0 bridgehead atoms. The van der Waals surface area contributed by atoms with Gasteiger partial charge in [0.2, 0.25) is 11.8 Å². The third-order valence-electron chi connectivity index (χ3n) is 3.13.